The Labute approximate surface area is 111 Å². The third-order valence-corrected chi connectivity index (χ3v) is 3.43. The van der Waals surface area contributed by atoms with E-state index in [1.54, 1.807) is 12.1 Å². The Balaban J connectivity index is 2.69. The molecule has 0 bridgehead atoms. The maximum absolute atomic E-state index is 14.7. The number of methoxy groups -OCH3 is 1. The lowest BCUT2D eigenvalue weighted by Gasteiger charge is -2.15. The summed E-state index contributed by atoms with van der Waals surface area (Å²) < 4.78 is 19.8. The maximum Gasteiger partial charge on any atom is 0.358 e. The number of likely N-dealkylation sites (N-methyl/N-ethyl adjacent to an activating group) is 1. The van der Waals surface area contributed by atoms with E-state index in [1.807, 2.05) is 22.6 Å². The minimum absolute atomic E-state index is 0.0451. The Morgan fingerprint density at radius 3 is 2.76 bits per heavy atom. The smallest absolute Gasteiger partial charge is 0.358 e. The summed E-state index contributed by atoms with van der Waals surface area (Å²) in [7, 11) is 2.49. The predicted octanol–water partition coefficient (Wildman–Crippen LogP) is 1.61. The Morgan fingerprint density at radius 1 is 1.53 bits per heavy atom. The Hall–Kier alpha value is -1.18. The fourth-order valence-electron chi connectivity index (χ4n) is 1.87. The lowest BCUT2D eigenvalue weighted by atomic mass is 9.98. The minimum Gasteiger partial charge on any atom is -0.466 e. The molecule has 1 unspecified atom stereocenters. The summed E-state index contributed by atoms with van der Waals surface area (Å²) in [5.74, 6) is -2.10. The van der Waals surface area contributed by atoms with Crippen molar-refractivity contribution in [2.24, 2.45) is 0 Å². The van der Waals surface area contributed by atoms with Gasteiger partial charge in [-0.25, -0.2) is 9.18 Å². The van der Waals surface area contributed by atoms with E-state index < -0.39 is 17.5 Å². The van der Waals surface area contributed by atoms with E-state index in [1.165, 1.54) is 13.1 Å². The number of benzene rings is 1. The number of anilines is 1. The molecule has 1 aliphatic rings. The summed E-state index contributed by atoms with van der Waals surface area (Å²) >= 11 is 1.99. The van der Waals surface area contributed by atoms with Crippen molar-refractivity contribution >= 4 is 40.2 Å². The molecule has 90 valence electrons. The van der Waals surface area contributed by atoms with Crippen LogP contribution in [0.1, 0.15) is 5.56 Å². The van der Waals surface area contributed by atoms with Crippen LogP contribution in [-0.4, -0.2) is 26.0 Å². The SMILES string of the molecule is COC(=O)C1(F)C(=O)N(C)c2ccc(I)cc21. The number of nitrogens with zero attached hydrogens (tertiary/aromatic N) is 1. The van der Waals surface area contributed by atoms with Crippen LogP contribution in [0.3, 0.4) is 0 Å². The number of ether oxygens (including phenoxy) is 1. The van der Waals surface area contributed by atoms with E-state index in [4.69, 9.17) is 0 Å². The third kappa shape index (κ3) is 1.54. The summed E-state index contributed by atoms with van der Waals surface area (Å²) in [6.45, 7) is 0. The second-order valence-corrected chi connectivity index (χ2v) is 4.92. The number of halogens is 2. The van der Waals surface area contributed by atoms with E-state index in [2.05, 4.69) is 4.74 Å². The quantitative estimate of drug-likeness (QED) is 0.440. The average Bonchev–Trinajstić information content (AvgIpc) is 2.51. The first-order chi connectivity index (χ1) is 7.92. The van der Waals surface area contributed by atoms with Gasteiger partial charge in [-0.15, -0.1) is 0 Å². The van der Waals surface area contributed by atoms with Crippen LogP contribution in [0.2, 0.25) is 0 Å². The highest BCUT2D eigenvalue weighted by Gasteiger charge is 2.57. The largest absolute Gasteiger partial charge is 0.466 e. The molecule has 0 aromatic heterocycles. The van der Waals surface area contributed by atoms with Crippen LogP contribution in [0, 0.1) is 3.57 Å². The molecule has 1 aromatic rings. The molecule has 0 N–H and O–H groups in total. The highest BCUT2D eigenvalue weighted by atomic mass is 127. The zero-order valence-electron chi connectivity index (χ0n) is 9.16. The zero-order chi connectivity index (χ0) is 12.8. The molecule has 17 heavy (non-hydrogen) atoms. The van der Waals surface area contributed by atoms with Gasteiger partial charge in [0.25, 0.3) is 5.91 Å². The first-order valence-corrected chi connectivity index (χ1v) is 5.86. The molecule has 1 atom stereocenters. The number of fused-ring (bicyclic) bond motifs is 1. The normalized spacial score (nSPS) is 22.6. The molecular formula is C11H9FINO3. The van der Waals surface area contributed by atoms with Crippen molar-refractivity contribution in [2.75, 3.05) is 19.1 Å². The fraction of sp³-hybridized carbons (Fsp3) is 0.273. The number of carbonyl (C=O) groups excluding carboxylic acids is 2. The van der Waals surface area contributed by atoms with Gasteiger partial charge in [0, 0.05) is 16.2 Å². The molecule has 0 aliphatic carbocycles. The van der Waals surface area contributed by atoms with Gasteiger partial charge in [-0.3, -0.25) is 4.79 Å². The van der Waals surface area contributed by atoms with Crippen molar-refractivity contribution in [3.63, 3.8) is 0 Å². The summed E-state index contributed by atoms with van der Waals surface area (Å²) in [5, 5.41) is 0. The maximum atomic E-state index is 14.7. The van der Waals surface area contributed by atoms with Crippen molar-refractivity contribution in [3.05, 3.63) is 27.3 Å². The van der Waals surface area contributed by atoms with Crippen LogP contribution >= 0.6 is 22.6 Å². The van der Waals surface area contributed by atoms with Gasteiger partial charge in [0.15, 0.2) is 0 Å². The first kappa shape index (κ1) is 12.3. The van der Waals surface area contributed by atoms with Gasteiger partial charge in [-0.1, -0.05) is 0 Å². The number of esters is 1. The summed E-state index contributed by atoms with van der Waals surface area (Å²) in [5.41, 5.74) is -2.29. The van der Waals surface area contributed by atoms with E-state index >= 15 is 0 Å². The van der Waals surface area contributed by atoms with Gasteiger partial charge in [0.1, 0.15) is 0 Å². The highest BCUT2D eigenvalue weighted by molar-refractivity contribution is 14.1. The number of alkyl halides is 1. The van der Waals surface area contributed by atoms with Crippen molar-refractivity contribution in [2.45, 2.75) is 5.67 Å². The lowest BCUT2D eigenvalue weighted by molar-refractivity contribution is -0.159. The van der Waals surface area contributed by atoms with Gasteiger partial charge >= 0.3 is 11.6 Å². The van der Waals surface area contributed by atoms with E-state index in [-0.39, 0.29) is 5.56 Å². The molecular weight excluding hydrogens is 340 g/mol. The minimum atomic E-state index is -2.72. The molecule has 0 saturated heterocycles. The number of rotatable bonds is 1. The monoisotopic (exact) mass is 349 g/mol. The number of carbonyl (C=O) groups is 2. The lowest BCUT2D eigenvalue weighted by Crippen LogP contribution is -2.42. The number of hydrogen-bond acceptors (Lipinski definition) is 3. The van der Waals surface area contributed by atoms with Crippen molar-refractivity contribution < 1.29 is 18.7 Å². The molecule has 4 nitrogen and oxygen atoms in total. The molecule has 1 aliphatic heterocycles. The molecule has 1 amide bonds. The summed E-state index contributed by atoms with van der Waals surface area (Å²) in [6, 6.07) is 4.83. The van der Waals surface area contributed by atoms with E-state index in [0.717, 1.165) is 15.6 Å². The van der Waals surface area contributed by atoms with E-state index in [0.29, 0.717) is 5.69 Å². The predicted molar refractivity (Wildman–Crippen MR) is 67.4 cm³/mol. The second kappa shape index (κ2) is 3.94. The van der Waals surface area contributed by atoms with Crippen LogP contribution < -0.4 is 4.90 Å². The Kier molecular flexibility index (Phi) is 2.84. The van der Waals surface area contributed by atoms with Crippen LogP contribution in [0.15, 0.2) is 18.2 Å². The molecule has 2 rings (SSSR count). The fourth-order valence-corrected chi connectivity index (χ4v) is 2.36. The van der Waals surface area contributed by atoms with Gasteiger partial charge in [0.05, 0.1) is 12.8 Å². The summed E-state index contributed by atoms with van der Waals surface area (Å²) in [4.78, 5) is 24.5. The van der Waals surface area contributed by atoms with Gasteiger partial charge in [0.2, 0.25) is 0 Å². The van der Waals surface area contributed by atoms with E-state index in [9.17, 15) is 14.0 Å². The second-order valence-electron chi connectivity index (χ2n) is 3.68. The van der Waals surface area contributed by atoms with Gasteiger partial charge in [-0.05, 0) is 40.8 Å². The molecule has 1 aromatic carbocycles. The molecule has 0 radical (unpaired) electrons. The Bertz CT molecular complexity index is 519. The number of amides is 1. The average molecular weight is 349 g/mol. The molecule has 1 heterocycles. The Morgan fingerprint density at radius 2 is 2.18 bits per heavy atom. The van der Waals surface area contributed by atoms with Crippen LogP contribution in [0.4, 0.5) is 10.1 Å². The van der Waals surface area contributed by atoms with Gasteiger partial charge < -0.3 is 9.64 Å². The molecule has 0 fully saturated rings. The molecule has 0 spiro atoms. The first-order valence-electron chi connectivity index (χ1n) is 4.78. The van der Waals surface area contributed by atoms with Crippen molar-refractivity contribution in [3.8, 4) is 0 Å². The van der Waals surface area contributed by atoms with Crippen LogP contribution in [0.5, 0.6) is 0 Å². The zero-order valence-corrected chi connectivity index (χ0v) is 11.3. The molecule has 0 saturated carbocycles. The van der Waals surface area contributed by atoms with Gasteiger partial charge in [-0.2, -0.15) is 0 Å². The molecule has 6 heteroatoms. The van der Waals surface area contributed by atoms with Crippen LogP contribution in [-0.2, 0) is 20.0 Å². The van der Waals surface area contributed by atoms with Crippen LogP contribution in [0.25, 0.3) is 0 Å². The topological polar surface area (TPSA) is 46.6 Å². The third-order valence-electron chi connectivity index (χ3n) is 2.76. The highest BCUT2D eigenvalue weighted by Crippen LogP contribution is 2.43. The van der Waals surface area contributed by atoms with Crippen molar-refractivity contribution in [1.82, 2.24) is 0 Å². The summed E-state index contributed by atoms with van der Waals surface area (Å²) in [6.07, 6.45) is 0. The standard InChI is InChI=1S/C11H9FINO3/c1-14-8-4-3-6(13)5-7(8)11(12,9(14)15)10(16)17-2/h3-5H,1-2H3. The van der Waals surface area contributed by atoms with Crippen molar-refractivity contribution in [1.29, 1.82) is 0 Å². The number of hydrogen-bond donors (Lipinski definition) is 0.